The second-order valence-corrected chi connectivity index (χ2v) is 5.64. The molecule has 2 aromatic heterocycles. The van der Waals surface area contributed by atoms with Crippen molar-refractivity contribution in [2.45, 2.75) is 5.92 Å². The predicted molar refractivity (Wildman–Crippen MR) is 82.9 cm³/mol. The summed E-state index contributed by atoms with van der Waals surface area (Å²) in [6.45, 7) is 0. The molecule has 104 valence electrons. The van der Waals surface area contributed by atoms with E-state index < -0.39 is 5.92 Å². The summed E-state index contributed by atoms with van der Waals surface area (Å²) < 4.78 is 2.52. The van der Waals surface area contributed by atoms with Crippen LogP contribution in [0.3, 0.4) is 0 Å². The smallest absolute Gasteiger partial charge is 0.222 e. The van der Waals surface area contributed by atoms with Gasteiger partial charge in [0.1, 0.15) is 11.7 Å². The van der Waals surface area contributed by atoms with Crippen molar-refractivity contribution in [1.82, 2.24) is 19.5 Å². The van der Waals surface area contributed by atoms with Crippen molar-refractivity contribution < 1.29 is 0 Å². The summed E-state index contributed by atoms with van der Waals surface area (Å²) in [6.07, 6.45) is 1.54. The predicted octanol–water partition coefficient (Wildman–Crippen LogP) is 3.43. The number of nitrogens with zero attached hydrogens (tertiary/aromatic N) is 5. The molecule has 0 N–H and O–H groups in total. The zero-order chi connectivity index (χ0) is 15.0. The van der Waals surface area contributed by atoms with E-state index in [1.807, 2.05) is 35.9 Å². The van der Waals surface area contributed by atoms with Gasteiger partial charge in [0.15, 0.2) is 0 Å². The summed E-state index contributed by atoms with van der Waals surface area (Å²) in [7, 11) is 1.88. The lowest BCUT2D eigenvalue weighted by molar-refractivity contribution is 0.778. The number of hydrogen-bond donors (Lipinski definition) is 0. The highest BCUT2D eigenvalue weighted by molar-refractivity contribution is 9.10. The van der Waals surface area contributed by atoms with Gasteiger partial charge in [0.05, 0.1) is 27.3 Å². The van der Waals surface area contributed by atoms with E-state index >= 15 is 0 Å². The molecule has 0 saturated heterocycles. The van der Waals surface area contributed by atoms with Gasteiger partial charge in [-0.1, -0.05) is 12.1 Å². The average molecular weight is 363 g/mol. The first-order valence-corrected chi connectivity index (χ1v) is 7.28. The number of rotatable bonds is 2. The molecule has 0 aliphatic carbocycles. The molecule has 0 spiro atoms. The van der Waals surface area contributed by atoms with E-state index in [2.05, 4.69) is 37.0 Å². The molecule has 1 aromatic carbocycles. The molecule has 1 unspecified atom stereocenters. The van der Waals surface area contributed by atoms with Crippen LogP contribution >= 0.6 is 27.5 Å². The molecule has 7 heteroatoms. The van der Waals surface area contributed by atoms with Crippen molar-refractivity contribution in [3.63, 3.8) is 0 Å². The van der Waals surface area contributed by atoms with E-state index in [0.717, 1.165) is 11.0 Å². The van der Waals surface area contributed by atoms with Gasteiger partial charge < -0.3 is 4.57 Å². The minimum absolute atomic E-state index is 0.104. The highest BCUT2D eigenvalue weighted by Gasteiger charge is 2.24. The van der Waals surface area contributed by atoms with Crippen LogP contribution in [0.15, 0.2) is 34.9 Å². The monoisotopic (exact) mass is 361 g/mol. The van der Waals surface area contributed by atoms with Crippen LogP contribution in [-0.2, 0) is 7.05 Å². The second kappa shape index (κ2) is 5.43. The van der Waals surface area contributed by atoms with Crippen LogP contribution in [-0.4, -0.2) is 19.5 Å². The Bertz CT molecular complexity index is 867. The molecule has 0 bridgehead atoms. The van der Waals surface area contributed by atoms with Crippen molar-refractivity contribution in [1.29, 1.82) is 5.26 Å². The lowest BCUT2D eigenvalue weighted by atomic mass is 10.1. The molecular formula is C14H9BrClN5. The van der Waals surface area contributed by atoms with Gasteiger partial charge in [0, 0.05) is 13.2 Å². The van der Waals surface area contributed by atoms with Crippen LogP contribution in [0.4, 0.5) is 0 Å². The number of hydrogen-bond acceptors (Lipinski definition) is 4. The molecule has 21 heavy (non-hydrogen) atoms. The van der Waals surface area contributed by atoms with E-state index in [0.29, 0.717) is 16.0 Å². The van der Waals surface area contributed by atoms with Gasteiger partial charge in [-0.05, 0) is 39.7 Å². The third kappa shape index (κ3) is 2.39. The Labute approximate surface area is 134 Å². The SMILES string of the molecule is Cn1c(C(C#N)c2nc(Cl)ncc2Br)nc2ccccc21. The third-order valence-corrected chi connectivity index (χ3v) is 4.02. The third-order valence-electron chi connectivity index (χ3n) is 3.22. The van der Waals surface area contributed by atoms with Crippen molar-refractivity contribution in [3.8, 4) is 6.07 Å². The van der Waals surface area contributed by atoms with Gasteiger partial charge in [-0.25, -0.2) is 15.0 Å². The van der Waals surface area contributed by atoms with Crippen LogP contribution in [0.25, 0.3) is 11.0 Å². The molecule has 0 saturated carbocycles. The first kappa shape index (κ1) is 14.0. The molecule has 0 fully saturated rings. The summed E-state index contributed by atoms with van der Waals surface area (Å²) in [6, 6.07) is 9.97. The fourth-order valence-electron chi connectivity index (χ4n) is 2.22. The zero-order valence-corrected chi connectivity index (χ0v) is 13.3. The topological polar surface area (TPSA) is 67.4 Å². The molecule has 2 heterocycles. The lowest BCUT2D eigenvalue weighted by Crippen LogP contribution is -2.09. The fourth-order valence-corrected chi connectivity index (χ4v) is 2.78. The van der Waals surface area contributed by atoms with Gasteiger partial charge in [-0.15, -0.1) is 0 Å². The van der Waals surface area contributed by atoms with Crippen molar-refractivity contribution in [2.24, 2.45) is 7.05 Å². The zero-order valence-electron chi connectivity index (χ0n) is 11.0. The number of aryl methyl sites for hydroxylation is 1. The number of aromatic nitrogens is 4. The Morgan fingerprint density at radius 3 is 2.81 bits per heavy atom. The maximum Gasteiger partial charge on any atom is 0.222 e. The van der Waals surface area contributed by atoms with E-state index in [1.54, 1.807) is 0 Å². The average Bonchev–Trinajstić information content (AvgIpc) is 2.81. The summed E-state index contributed by atoms with van der Waals surface area (Å²) >= 11 is 9.21. The van der Waals surface area contributed by atoms with Crippen LogP contribution in [0.1, 0.15) is 17.4 Å². The Morgan fingerprint density at radius 2 is 2.10 bits per heavy atom. The standard InChI is InChI=1S/C14H9BrClN5/c1-21-11-5-3-2-4-10(11)19-13(21)8(6-17)12-9(15)7-18-14(16)20-12/h2-5,7-8H,1H3. The van der Waals surface area contributed by atoms with E-state index in [4.69, 9.17) is 11.6 Å². The minimum Gasteiger partial charge on any atom is -0.330 e. The number of para-hydroxylation sites is 2. The normalized spacial score (nSPS) is 12.3. The molecule has 0 aliphatic heterocycles. The van der Waals surface area contributed by atoms with E-state index in [9.17, 15) is 5.26 Å². The van der Waals surface area contributed by atoms with Crippen molar-refractivity contribution >= 4 is 38.6 Å². The first-order chi connectivity index (χ1) is 10.1. The van der Waals surface area contributed by atoms with Crippen LogP contribution in [0.2, 0.25) is 5.28 Å². The van der Waals surface area contributed by atoms with Gasteiger partial charge >= 0.3 is 0 Å². The highest BCUT2D eigenvalue weighted by Crippen LogP contribution is 2.30. The Morgan fingerprint density at radius 1 is 1.33 bits per heavy atom. The van der Waals surface area contributed by atoms with E-state index in [-0.39, 0.29) is 5.28 Å². The van der Waals surface area contributed by atoms with Gasteiger partial charge in [-0.2, -0.15) is 5.26 Å². The van der Waals surface area contributed by atoms with Gasteiger partial charge in [0.2, 0.25) is 5.28 Å². The molecule has 3 rings (SSSR count). The maximum absolute atomic E-state index is 9.57. The molecule has 5 nitrogen and oxygen atoms in total. The molecule has 0 amide bonds. The van der Waals surface area contributed by atoms with E-state index in [1.165, 1.54) is 6.20 Å². The Hall–Kier alpha value is -1.97. The van der Waals surface area contributed by atoms with Crippen LogP contribution < -0.4 is 0 Å². The molecular weight excluding hydrogens is 354 g/mol. The highest BCUT2D eigenvalue weighted by atomic mass is 79.9. The summed E-state index contributed by atoms with van der Waals surface area (Å²) in [5.41, 5.74) is 2.31. The largest absolute Gasteiger partial charge is 0.330 e. The number of benzene rings is 1. The minimum atomic E-state index is -0.628. The quantitative estimate of drug-likeness (QED) is 0.655. The van der Waals surface area contributed by atoms with Gasteiger partial charge in [-0.3, -0.25) is 0 Å². The number of nitriles is 1. The molecule has 0 radical (unpaired) electrons. The summed E-state index contributed by atoms with van der Waals surface area (Å²) in [4.78, 5) is 12.6. The summed E-state index contributed by atoms with van der Waals surface area (Å²) in [5.74, 6) is -0.00792. The number of halogens is 2. The number of imidazole rings is 1. The first-order valence-electron chi connectivity index (χ1n) is 6.10. The molecule has 3 aromatic rings. The lowest BCUT2D eigenvalue weighted by Gasteiger charge is -2.10. The fraction of sp³-hybridized carbons (Fsp3) is 0.143. The van der Waals surface area contributed by atoms with Crippen LogP contribution in [0.5, 0.6) is 0 Å². The van der Waals surface area contributed by atoms with Crippen molar-refractivity contribution in [2.75, 3.05) is 0 Å². The second-order valence-electron chi connectivity index (χ2n) is 4.45. The summed E-state index contributed by atoms with van der Waals surface area (Å²) in [5, 5.41) is 9.67. The molecule has 1 atom stereocenters. The van der Waals surface area contributed by atoms with Gasteiger partial charge in [0.25, 0.3) is 0 Å². The maximum atomic E-state index is 9.57. The van der Waals surface area contributed by atoms with Crippen molar-refractivity contribution in [3.05, 3.63) is 51.7 Å². The molecule has 0 aliphatic rings. The number of fused-ring (bicyclic) bond motifs is 1. The Kier molecular flexibility index (Phi) is 3.62. The Balaban J connectivity index is 2.21. The van der Waals surface area contributed by atoms with Crippen LogP contribution in [0, 0.1) is 11.3 Å².